The Kier molecular flexibility index (Phi) is 6.17. The summed E-state index contributed by atoms with van der Waals surface area (Å²) < 4.78 is 0. The van der Waals surface area contributed by atoms with Gasteiger partial charge in [-0.05, 0) is 32.4 Å². The van der Waals surface area contributed by atoms with Crippen LogP contribution >= 0.6 is 11.8 Å². The van der Waals surface area contributed by atoms with Gasteiger partial charge in [0.15, 0.2) is 0 Å². The van der Waals surface area contributed by atoms with Gasteiger partial charge in [-0.2, -0.15) is 0 Å². The second-order valence-electron chi connectivity index (χ2n) is 5.62. The number of urea groups is 1. The molecule has 0 radical (unpaired) electrons. The maximum atomic E-state index is 12.3. The first-order valence-corrected chi connectivity index (χ1v) is 8.81. The summed E-state index contributed by atoms with van der Waals surface area (Å²) in [5, 5.41) is 12.2. The van der Waals surface area contributed by atoms with Gasteiger partial charge in [-0.3, -0.25) is 4.90 Å². The van der Waals surface area contributed by atoms with E-state index in [2.05, 4.69) is 17.1 Å². The van der Waals surface area contributed by atoms with Gasteiger partial charge in [-0.15, -0.1) is 11.8 Å². The van der Waals surface area contributed by atoms with Crippen LogP contribution in [0.3, 0.4) is 0 Å². The molecule has 0 aromatic carbocycles. The average Bonchev–Trinajstić information content (AvgIpc) is 3.08. The minimum Gasteiger partial charge on any atom is -0.480 e. The number of nitrogens with one attached hydrogen (secondary N) is 1. The third-order valence-electron chi connectivity index (χ3n) is 4.05. The number of carbonyl (C=O) groups excluding carboxylic acids is 1. The second-order valence-corrected chi connectivity index (χ2v) is 6.83. The molecule has 2 N–H and O–H groups in total. The quantitative estimate of drug-likeness (QED) is 0.775. The van der Waals surface area contributed by atoms with E-state index in [9.17, 15) is 14.7 Å². The molecule has 2 rings (SSSR count). The Morgan fingerprint density at radius 2 is 2.05 bits per heavy atom. The largest absolute Gasteiger partial charge is 0.480 e. The summed E-state index contributed by atoms with van der Waals surface area (Å²) in [5.74, 6) is -0.421. The molecule has 2 saturated heterocycles. The molecule has 2 atom stereocenters. The van der Waals surface area contributed by atoms with Gasteiger partial charge < -0.3 is 15.3 Å². The molecule has 2 aliphatic heterocycles. The van der Waals surface area contributed by atoms with Crippen LogP contribution in [0.4, 0.5) is 4.79 Å². The fraction of sp³-hybridized carbons (Fsp3) is 0.857. The van der Waals surface area contributed by atoms with Crippen LogP contribution in [-0.4, -0.2) is 70.3 Å². The van der Waals surface area contributed by atoms with Crippen molar-refractivity contribution >= 4 is 23.8 Å². The predicted octanol–water partition coefficient (Wildman–Crippen LogP) is 1.42. The van der Waals surface area contributed by atoms with Crippen LogP contribution in [0.5, 0.6) is 0 Å². The summed E-state index contributed by atoms with van der Waals surface area (Å²) >= 11 is 1.57. The van der Waals surface area contributed by atoms with Crippen molar-refractivity contribution in [3.63, 3.8) is 0 Å². The van der Waals surface area contributed by atoms with E-state index in [1.54, 1.807) is 11.8 Å². The molecule has 6 nitrogen and oxygen atoms in total. The van der Waals surface area contributed by atoms with E-state index in [0.717, 1.165) is 32.5 Å². The molecule has 2 amide bonds. The van der Waals surface area contributed by atoms with Crippen molar-refractivity contribution in [3.05, 3.63) is 0 Å². The van der Waals surface area contributed by atoms with Gasteiger partial charge in [0.25, 0.3) is 0 Å². The molecule has 0 aromatic rings. The molecule has 2 heterocycles. The molecule has 120 valence electrons. The van der Waals surface area contributed by atoms with Crippen LogP contribution in [-0.2, 0) is 4.79 Å². The minimum atomic E-state index is -0.907. The molecule has 0 saturated carbocycles. The highest BCUT2D eigenvalue weighted by molar-refractivity contribution is 8.00. The molecule has 7 heteroatoms. The van der Waals surface area contributed by atoms with E-state index in [0.29, 0.717) is 12.3 Å². The molecule has 0 aliphatic carbocycles. The Labute approximate surface area is 130 Å². The zero-order valence-corrected chi connectivity index (χ0v) is 13.4. The number of hydrogen-bond donors (Lipinski definition) is 2. The van der Waals surface area contributed by atoms with Crippen molar-refractivity contribution in [1.29, 1.82) is 0 Å². The highest BCUT2D eigenvalue weighted by atomic mass is 32.2. The topological polar surface area (TPSA) is 72.9 Å². The third kappa shape index (κ3) is 4.26. The fourth-order valence-electron chi connectivity index (χ4n) is 2.91. The number of nitrogens with zero attached hydrogens (tertiary/aromatic N) is 2. The Balaban J connectivity index is 1.85. The smallest absolute Gasteiger partial charge is 0.327 e. The van der Waals surface area contributed by atoms with E-state index in [4.69, 9.17) is 0 Å². The number of hydrogen-bond acceptors (Lipinski definition) is 4. The lowest BCUT2D eigenvalue weighted by molar-refractivity contribution is -0.141. The first-order valence-electron chi connectivity index (χ1n) is 7.76. The van der Waals surface area contributed by atoms with Gasteiger partial charge in [0.2, 0.25) is 0 Å². The monoisotopic (exact) mass is 315 g/mol. The number of thioether (sulfide) groups is 1. The zero-order valence-electron chi connectivity index (χ0n) is 12.6. The number of carboxylic acids is 1. The van der Waals surface area contributed by atoms with E-state index in [1.165, 1.54) is 17.7 Å². The van der Waals surface area contributed by atoms with Crippen LogP contribution in [0, 0.1) is 0 Å². The molecular formula is C14H25N3O3S. The van der Waals surface area contributed by atoms with E-state index in [1.807, 2.05) is 0 Å². The normalized spacial score (nSPS) is 26.2. The van der Waals surface area contributed by atoms with Gasteiger partial charge in [-0.25, -0.2) is 9.59 Å². The van der Waals surface area contributed by atoms with Crippen molar-refractivity contribution < 1.29 is 14.7 Å². The standard InChI is InChI=1S/C14H25N3O3S/c1-2-5-12-17(11(10-21-12)13(18)19)14(20)15-6-9-16-7-3-4-8-16/h11-12H,2-10H2,1H3,(H,15,20)(H,18,19). The summed E-state index contributed by atoms with van der Waals surface area (Å²) in [7, 11) is 0. The molecule has 21 heavy (non-hydrogen) atoms. The summed E-state index contributed by atoms with van der Waals surface area (Å²) in [6.07, 6.45) is 4.25. The van der Waals surface area contributed by atoms with E-state index < -0.39 is 12.0 Å². The van der Waals surface area contributed by atoms with Crippen LogP contribution in [0.15, 0.2) is 0 Å². The van der Waals surface area contributed by atoms with Gasteiger partial charge in [0.1, 0.15) is 6.04 Å². The first kappa shape index (κ1) is 16.4. The van der Waals surface area contributed by atoms with Crippen LogP contribution in [0.2, 0.25) is 0 Å². The molecule has 0 bridgehead atoms. The Morgan fingerprint density at radius 1 is 1.33 bits per heavy atom. The average molecular weight is 315 g/mol. The van der Waals surface area contributed by atoms with Gasteiger partial charge >= 0.3 is 12.0 Å². The van der Waals surface area contributed by atoms with Crippen molar-refractivity contribution in [1.82, 2.24) is 15.1 Å². The Morgan fingerprint density at radius 3 is 2.67 bits per heavy atom. The second kappa shape index (κ2) is 7.89. The lowest BCUT2D eigenvalue weighted by Gasteiger charge is -2.27. The lowest BCUT2D eigenvalue weighted by Crippen LogP contribution is -2.51. The Bertz CT molecular complexity index is 374. The third-order valence-corrected chi connectivity index (χ3v) is 5.41. The van der Waals surface area contributed by atoms with Crippen LogP contribution in [0.1, 0.15) is 32.6 Å². The number of carboxylic acid groups (broad SMARTS) is 1. The maximum absolute atomic E-state index is 12.3. The first-order chi connectivity index (χ1) is 10.1. The summed E-state index contributed by atoms with van der Waals surface area (Å²) in [6.45, 7) is 5.70. The predicted molar refractivity (Wildman–Crippen MR) is 83.5 cm³/mol. The van der Waals surface area contributed by atoms with Crippen molar-refractivity contribution in [3.8, 4) is 0 Å². The van der Waals surface area contributed by atoms with Crippen molar-refractivity contribution in [2.24, 2.45) is 0 Å². The van der Waals surface area contributed by atoms with Crippen molar-refractivity contribution in [2.75, 3.05) is 31.9 Å². The molecule has 2 unspecified atom stereocenters. The molecule has 2 fully saturated rings. The molecule has 0 spiro atoms. The summed E-state index contributed by atoms with van der Waals surface area (Å²) in [4.78, 5) is 27.5. The molecule has 2 aliphatic rings. The SMILES string of the molecule is CCCC1SCC(C(=O)O)N1C(=O)NCCN1CCCC1. The van der Waals surface area contributed by atoms with Gasteiger partial charge in [0, 0.05) is 18.8 Å². The van der Waals surface area contributed by atoms with E-state index >= 15 is 0 Å². The van der Waals surface area contributed by atoms with Crippen LogP contribution in [0.25, 0.3) is 0 Å². The van der Waals surface area contributed by atoms with Crippen LogP contribution < -0.4 is 5.32 Å². The number of likely N-dealkylation sites (tertiary alicyclic amines) is 1. The van der Waals surface area contributed by atoms with E-state index in [-0.39, 0.29) is 11.4 Å². The number of amides is 2. The number of carbonyl (C=O) groups is 2. The number of aliphatic carboxylic acids is 1. The maximum Gasteiger partial charge on any atom is 0.327 e. The van der Waals surface area contributed by atoms with Gasteiger partial charge in [-0.1, -0.05) is 13.3 Å². The Hall–Kier alpha value is -0.950. The highest BCUT2D eigenvalue weighted by Crippen LogP contribution is 2.32. The molecular weight excluding hydrogens is 290 g/mol. The highest BCUT2D eigenvalue weighted by Gasteiger charge is 2.41. The number of rotatable bonds is 6. The lowest BCUT2D eigenvalue weighted by atomic mass is 10.2. The summed E-state index contributed by atoms with van der Waals surface area (Å²) in [6, 6.07) is -0.927. The zero-order chi connectivity index (χ0) is 15.2. The fourth-order valence-corrected chi connectivity index (χ4v) is 4.43. The van der Waals surface area contributed by atoms with Crippen molar-refractivity contribution in [2.45, 2.75) is 44.0 Å². The summed E-state index contributed by atoms with van der Waals surface area (Å²) in [5.41, 5.74) is 0. The molecule has 0 aromatic heterocycles. The van der Waals surface area contributed by atoms with Gasteiger partial charge in [0.05, 0.1) is 5.37 Å². The minimum absolute atomic E-state index is 0.0112.